The molecule has 1 saturated heterocycles. The summed E-state index contributed by atoms with van der Waals surface area (Å²) >= 11 is 0. The monoisotopic (exact) mass is 464 g/mol. The number of ether oxygens (including phenoxy) is 2. The highest BCUT2D eigenvalue weighted by Gasteiger charge is 2.14. The van der Waals surface area contributed by atoms with Crippen molar-refractivity contribution in [3.63, 3.8) is 0 Å². The first-order valence-corrected chi connectivity index (χ1v) is 11.4. The average molecular weight is 465 g/mol. The van der Waals surface area contributed by atoms with Crippen LogP contribution in [-0.4, -0.2) is 63.2 Å². The Balaban J connectivity index is 1.65. The minimum Gasteiger partial charge on any atom is -0.476 e. The zero-order valence-electron chi connectivity index (χ0n) is 19.8. The number of pyridine rings is 1. The SMILES string of the molecule is [C-]#[N+]/N=C(\NCCC)NCCOc1cc(N2CCOCC2)cc(N/N=C/c2cccc(C)c2)n1. The van der Waals surface area contributed by atoms with Crippen LogP contribution in [0.3, 0.4) is 0 Å². The molecule has 0 bridgehead atoms. The molecule has 0 radical (unpaired) electrons. The third kappa shape index (κ3) is 8.26. The summed E-state index contributed by atoms with van der Waals surface area (Å²) in [5, 5.41) is 14.2. The third-order valence-corrected chi connectivity index (χ3v) is 4.93. The zero-order valence-corrected chi connectivity index (χ0v) is 19.8. The van der Waals surface area contributed by atoms with Crippen molar-refractivity contribution in [2.75, 3.05) is 56.3 Å². The standard InChI is InChI=1S/C24H32N8O2/c1-4-8-26-24(31-25-3)27-9-12-34-23-17-21(32-10-13-33-14-11-32)16-22(29-23)30-28-18-20-7-5-6-19(2)15-20/h5-7,15-18H,4,8-14H2,1-2H3,(H,29,30)(H2,26,27,31)/b28-18+. The van der Waals surface area contributed by atoms with Gasteiger partial charge in [-0.15, -0.1) is 4.95 Å². The Morgan fingerprint density at radius 1 is 1.24 bits per heavy atom. The van der Waals surface area contributed by atoms with Crippen molar-refractivity contribution in [1.29, 1.82) is 0 Å². The highest BCUT2D eigenvalue weighted by atomic mass is 16.5. The number of aryl methyl sites for hydroxylation is 1. The van der Waals surface area contributed by atoms with Gasteiger partial charge in [-0.1, -0.05) is 36.8 Å². The molecule has 1 aliphatic heterocycles. The van der Waals surface area contributed by atoms with Gasteiger partial charge in [0.25, 0.3) is 5.96 Å². The first-order valence-electron chi connectivity index (χ1n) is 11.4. The van der Waals surface area contributed by atoms with Gasteiger partial charge in [-0.05, 0) is 18.9 Å². The molecule has 1 aromatic carbocycles. The molecule has 10 heteroatoms. The summed E-state index contributed by atoms with van der Waals surface area (Å²) in [7, 11) is 0. The molecule has 1 aliphatic rings. The maximum absolute atomic E-state index is 6.93. The summed E-state index contributed by atoms with van der Waals surface area (Å²) < 4.78 is 11.4. The van der Waals surface area contributed by atoms with E-state index in [1.165, 1.54) is 5.56 Å². The van der Waals surface area contributed by atoms with Crippen molar-refractivity contribution in [3.8, 4) is 5.88 Å². The summed E-state index contributed by atoms with van der Waals surface area (Å²) in [5.41, 5.74) is 6.20. The van der Waals surface area contributed by atoms with Gasteiger partial charge >= 0.3 is 0 Å². The fraction of sp³-hybridized carbons (Fsp3) is 0.417. The Morgan fingerprint density at radius 3 is 2.82 bits per heavy atom. The predicted molar refractivity (Wildman–Crippen MR) is 135 cm³/mol. The van der Waals surface area contributed by atoms with E-state index in [9.17, 15) is 0 Å². The van der Waals surface area contributed by atoms with Gasteiger partial charge in [0.2, 0.25) is 5.88 Å². The maximum Gasteiger partial charge on any atom is 0.278 e. The largest absolute Gasteiger partial charge is 0.476 e. The van der Waals surface area contributed by atoms with Crippen molar-refractivity contribution in [1.82, 2.24) is 15.6 Å². The zero-order chi connectivity index (χ0) is 24.0. The molecule has 34 heavy (non-hydrogen) atoms. The van der Waals surface area contributed by atoms with E-state index in [1.807, 2.05) is 37.3 Å². The third-order valence-electron chi connectivity index (χ3n) is 4.93. The molecule has 0 unspecified atom stereocenters. The molecule has 0 aliphatic carbocycles. The Morgan fingerprint density at radius 2 is 2.06 bits per heavy atom. The lowest BCUT2D eigenvalue weighted by Gasteiger charge is -2.29. The quantitative estimate of drug-likeness (QED) is 0.163. The lowest BCUT2D eigenvalue weighted by atomic mass is 10.2. The second-order valence-corrected chi connectivity index (χ2v) is 7.68. The summed E-state index contributed by atoms with van der Waals surface area (Å²) in [5.74, 6) is 1.53. The fourth-order valence-corrected chi connectivity index (χ4v) is 3.30. The lowest BCUT2D eigenvalue weighted by Crippen LogP contribution is -2.39. The molecule has 0 spiro atoms. The van der Waals surface area contributed by atoms with Crippen LogP contribution in [0.15, 0.2) is 46.6 Å². The molecule has 0 atom stereocenters. The van der Waals surface area contributed by atoms with Gasteiger partial charge in [-0.25, -0.2) is 0 Å². The van der Waals surface area contributed by atoms with Crippen molar-refractivity contribution >= 4 is 23.7 Å². The molecular weight excluding hydrogens is 432 g/mol. The smallest absolute Gasteiger partial charge is 0.278 e. The van der Waals surface area contributed by atoms with Crippen LogP contribution >= 0.6 is 0 Å². The molecule has 1 fully saturated rings. The second-order valence-electron chi connectivity index (χ2n) is 7.68. The van der Waals surface area contributed by atoms with Crippen molar-refractivity contribution in [2.24, 2.45) is 10.2 Å². The molecule has 0 amide bonds. The van der Waals surface area contributed by atoms with E-state index in [-0.39, 0.29) is 0 Å². The minimum absolute atomic E-state index is 0.358. The maximum atomic E-state index is 6.93. The van der Waals surface area contributed by atoms with Crippen LogP contribution in [0.2, 0.25) is 0 Å². The Bertz CT molecular complexity index is 1010. The van der Waals surface area contributed by atoms with Gasteiger partial charge in [-0.2, -0.15) is 16.7 Å². The number of aromatic nitrogens is 1. The molecular formula is C24H32N8O2. The number of hydrazone groups is 1. The second kappa shape index (κ2) is 13.6. The number of anilines is 2. The Labute approximate surface area is 200 Å². The van der Waals surface area contributed by atoms with Crippen LogP contribution in [0.4, 0.5) is 11.5 Å². The number of guanidine groups is 1. The number of nitrogens with zero attached hydrogens (tertiary/aromatic N) is 5. The van der Waals surface area contributed by atoms with E-state index in [1.54, 1.807) is 6.21 Å². The average Bonchev–Trinajstić information content (AvgIpc) is 2.85. The van der Waals surface area contributed by atoms with Gasteiger partial charge in [0.1, 0.15) is 11.7 Å². The van der Waals surface area contributed by atoms with Crippen LogP contribution in [0, 0.1) is 13.5 Å². The molecule has 3 rings (SSSR count). The van der Waals surface area contributed by atoms with Gasteiger partial charge in [0.05, 0.1) is 26.0 Å². The van der Waals surface area contributed by atoms with Gasteiger partial charge in [0, 0.05) is 37.5 Å². The predicted octanol–water partition coefficient (Wildman–Crippen LogP) is 2.83. The van der Waals surface area contributed by atoms with Crippen LogP contribution in [0.5, 0.6) is 5.88 Å². The lowest BCUT2D eigenvalue weighted by molar-refractivity contribution is 0.122. The van der Waals surface area contributed by atoms with E-state index in [4.69, 9.17) is 16.0 Å². The molecule has 1 aromatic heterocycles. The van der Waals surface area contributed by atoms with E-state index < -0.39 is 0 Å². The number of hydrogen-bond acceptors (Lipinski definition) is 7. The molecule has 10 nitrogen and oxygen atoms in total. The number of rotatable bonds is 10. The first kappa shape index (κ1) is 24.8. The minimum atomic E-state index is 0.358. The topological polar surface area (TPSA) is 99.8 Å². The molecule has 0 saturated carbocycles. The van der Waals surface area contributed by atoms with Crippen LogP contribution in [0.1, 0.15) is 24.5 Å². The van der Waals surface area contributed by atoms with E-state index >= 15 is 0 Å². The highest BCUT2D eigenvalue weighted by molar-refractivity contribution is 5.80. The van der Waals surface area contributed by atoms with Crippen molar-refractivity contribution in [3.05, 3.63) is 59.1 Å². The fourth-order valence-electron chi connectivity index (χ4n) is 3.30. The van der Waals surface area contributed by atoms with Crippen LogP contribution in [-0.2, 0) is 4.74 Å². The number of morpholine rings is 1. The number of hydrogen-bond donors (Lipinski definition) is 3. The normalized spacial score (nSPS) is 14.0. The summed E-state index contributed by atoms with van der Waals surface area (Å²) in [6.07, 6.45) is 2.71. The Kier molecular flexibility index (Phi) is 9.95. The molecule has 2 aromatic rings. The van der Waals surface area contributed by atoms with Crippen LogP contribution in [0.25, 0.3) is 4.95 Å². The van der Waals surface area contributed by atoms with Crippen molar-refractivity contribution in [2.45, 2.75) is 20.3 Å². The Hall–Kier alpha value is -3.84. The van der Waals surface area contributed by atoms with E-state index in [0.29, 0.717) is 44.0 Å². The molecule has 2 heterocycles. The van der Waals surface area contributed by atoms with E-state index in [0.717, 1.165) is 37.3 Å². The molecule has 180 valence electrons. The van der Waals surface area contributed by atoms with Gasteiger partial charge < -0.3 is 25.0 Å². The van der Waals surface area contributed by atoms with Crippen molar-refractivity contribution < 1.29 is 9.47 Å². The number of nitrogens with one attached hydrogen (secondary N) is 3. The van der Waals surface area contributed by atoms with Crippen LogP contribution < -0.4 is 25.7 Å². The number of benzene rings is 1. The summed E-state index contributed by atoms with van der Waals surface area (Å²) in [6, 6.07) is 12.0. The van der Waals surface area contributed by atoms with E-state index in [2.05, 4.69) is 54.1 Å². The highest BCUT2D eigenvalue weighted by Crippen LogP contribution is 2.24. The molecule has 3 N–H and O–H groups in total. The van der Waals surface area contributed by atoms with Gasteiger partial charge in [-0.3, -0.25) is 5.43 Å². The summed E-state index contributed by atoms with van der Waals surface area (Å²) in [4.78, 5) is 9.87. The summed E-state index contributed by atoms with van der Waals surface area (Å²) in [6.45, 7) is 15.6. The van der Waals surface area contributed by atoms with Gasteiger partial charge in [0.15, 0.2) is 5.82 Å². The first-order chi connectivity index (χ1) is 16.7.